The zero-order chi connectivity index (χ0) is 19.0. The molecule has 4 rings (SSSR count). The lowest BCUT2D eigenvalue weighted by Crippen LogP contribution is -2.00. The van der Waals surface area contributed by atoms with E-state index in [1.807, 2.05) is 6.07 Å². The normalized spacial score (nSPS) is 10.9. The number of nitrogens with zero attached hydrogens (tertiary/aromatic N) is 5. The van der Waals surface area contributed by atoms with Crippen LogP contribution in [-0.4, -0.2) is 44.6 Å². The van der Waals surface area contributed by atoms with Crippen molar-refractivity contribution in [3.05, 3.63) is 42.6 Å². The van der Waals surface area contributed by atoms with Crippen molar-refractivity contribution in [1.82, 2.24) is 24.6 Å². The molecule has 0 aliphatic rings. The molecule has 9 heteroatoms. The number of rotatable bonds is 5. The first-order valence-electron chi connectivity index (χ1n) is 8.01. The smallest absolute Gasteiger partial charge is 0.325 e. The van der Waals surface area contributed by atoms with Crippen LogP contribution in [0.3, 0.4) is 0 Å². The van der Waals surface area contributed by atoms with Gasteiger partial charge in [0.2, 0.25) is 5.89 Å². The summed E-state index contributed by atoms with van der Waals surface area (Å²) in [5.41, 5.74) is 2.03. The number of imidazole rings is 1. The van der Waals surface area contributed by atoms with Crippen molar-refractivity contribution >= 4 is 11.6 Å². The van der Waals surface area contributed by atoms with Gasteiger partial charge in [0, 0.05) is 30.4 Å². The SMILES string of the molecule is COc1ccc(-c2nn3c(-c4cnc(C(C)=O)nc4)cnc3o2)cc1OC. The van der Waals surface area contributed by atoms with Gasteiger partial charge in [0.05, 0.1) is 26.1 Å². The first kappa shape index (κ1) is 16.7. The van der Waals surface area contributed by atoms with Gasteiger partial charge in [-0.3, -0.25) is 4.79 Å². The topological polar surface area (TPSA) is 105 Å². The molecule has 0 fully saturated rings. The van der Waals surface area contributed by atoms with Crippen molar-refractivity contribution in [1.29, 1.82) is 0 Å². The van der Waals surface area contributed by atoms with Gasteiger partial charge in [0.1, 0.15) is 0 Å². The van der Waals surface area contributed by atoms with Crippen molar-refractivity contribution < 1.29 is 18.7 Å². The predicted octanol–water partition coefficient (Wildman–Crippen LogP) is 2.67. The highest BCUT2D eigenvalue weighted by Gasteiger charge is 2.17. The largest absolute Gasteiger partial charge is 0.493 e. The van der Waals surface area contributed by atoms with E-state index in [0.717, 1.165) is 0 Å². The fourth-order valence-electron chi connectivity index (χ4n) is 2.62. The highest BCUT2D eigenvalue weighted by Crippen LogP contribution is 2.32. The van der Waals surface area contributed by atoms with Gasteiger partial charge in [-0.1, -0.05) is 0 Å². The monoisotopic (exact) mass is 365 g/mol. The Bertz CT molecular complexity index is 1130. The molecule has 4 aromatic rings. The van der Waals surface area contributed by atoms with Crippen LogP contribution in [0.1, 0.15) is 17.5 Å². The lowest BCUT2D eigenvalue weighted by Gasteiger charge is -2.07. The molecule has 0 saturated carbocycles. The lowest BCUT2D eigenvalue weighted by atomic mass is 10.2. The molecule has 0 amide bonds. The second kappa shape index (κ2) is 6.52. The van der Waals surface area contributed by atoms with E-state index in [0.29, 0.717) is 40.1 Å². The molecule has 136 valence electrons. The van der Waals surface area contributed by atoms with E-state index in [2.05, 4.69) is 20.1 Å². The molecule has 0 aliphatic heterocycles. The number of benzene rings is 1. The number of carbonyl (C=O) groups excluding carboxylic acids is 1. The van der Waals surface area contributed by atoms with Crippen LogP contribution in [0.25, 0.3) is 28.6 Å². The van der Waals surface area contributed by atoms with E-state index in [4.69, 9.17) is 13.9 Å². The lowest BCUT2D eigenvalue weighted by molar-refractivity contribution is 0.100. The number of hydrogen-bond donors (Lipinski definition) is 0. The van der Waals surface area contributed by atoms with Crippen molar-refractivity contribution in [2.45, 2.75) is 6.92 Å². The molecular formula is C18H15N5O4. The number of ketones is 1. The Morgan fingerprint density at radius 3 is 2.41 bits per heavy atom. The van der Waals surface area contributed by atoms with Crippen molar-refractivity contribution in [3.8, 4) is 34.2 Å². The summed E-state index contributed by atoms with van der Waals surface area (Å²) < 4.78 is 17.9. The van der Waals surface area contributed by atoms with Crippen molar-refractivity contribution in [3.63, 3.8) is 0 Å². The quantitative estimate of drug-likeness (QED) is 0.497. The molecule has 0 aliphatic carbocycles. The highest BCUT2D eigenvalue weighted by atomic mass is 16.5. The second-order valence-electron chi connectivity index (χ2n) is 5.67. The molecule has 27 heavy (non-hydrogen) atoms. The Balaban J connectivity index is 1.75. The molecule has 0 saturated heterocycles. The third-order valence-electron chi connectivity index (χ3n) is 3.98. The number of carbonyl (C=O) groups is 1. The van der Waals surface area contributed by atoms with E-state index in [9.17, 15) is 4.79 Å². The van der Waals surface area contributed by atoms with Crippen LogP contribution in [0.15, 0.2) is 41.2 Å². The van der Waals surface area contributed by atoms with Gasteiger partial charge in [0.25, 0.3) is 0 Å². The van der Waals surface area contributed by atoms with E-state index < -0.39 is 0 Å². The van der Waals surface area contributed by atoms with Crippen LogP contribution in [0.2, 0.25) is 0 Å². The van der Waals surface area contributed by atoms with Gasteiger partial charge in [-0.2, -0.15) is 4.52 Å². The number of methoxy groups -OCH3 is 2. The summed E-state index contributed by atoms with van der Waals surface area (Å²) in [5, 5.41) is 4.48. The standard InChI is InChI=1S/C18H15N5O4/c1-10(24)16-19-7-12(8-20-16)13-9-21-18-23(13)22-17(27-18)11-4-5-14(25-2)15(6-11)26-3/h4-9H,1-3H3. The third-order valence-corrected chi connectivity index (χ3v) is 3.98. The van der Waals surface area contributed by atoms with Crippen molar-refractivity contribution in [2.75, 3.05) is 14.2 Å². The minimum absolute atomic E-state index is 0.158. The van der Waals surface area contributed by atoms with E-state index in [1.165, 1.54) is 6.92 Å². The molecule has 0 unspecified atom stereocenters. The summed E-state index contributed by atoms with van der Waals surface area (Å²) >= 11 is 0. The van der Waals surface area contributed by atoms with Crippen LogP contribution in [0, 0.1) is 0 Å². The number of hydrogen-bond acceptors (Lipinski definition) is 8. The molecule has 3 aromatic heterocycles. The van der Waals surface area contributed by atoms with Crippen molar-refractivity contribution in [2.24, 2.45) is 0 Å². The minimum atomic E-state index is -0.197. The van der Waals surface area contributed by atoms with Crippen LogP contribution in [-0.2, 0) is 0 Å². The fourth-order valence-corrected chi connectivity index (χ4v) is 2.62. The molecule has 0 atom stereocenters. The predicted molar refractivity (Wildman–Crippen MR) is 94.8 cm³/mol. The Morgan fingerprint density at radius 1 is 1.00 bits per heavy atom. The summed E-state index contributed by atoms with van der Waals surface area (Å²) in [6.45, 7) is 1.42. The van der Waals surface area contributed by atoms with Crippen LogP contribution < -0.4 is 9.47 Å². The van der Waals surface area contributed by atoms with Gasteiger partial charge < -0.3 is 13.9 Å². The van der Waals surface area contributed by atoms with Crippen LogP contribution in [0.4, 0.5) is 0 Å². The molecular weight excluding hydrogens is 350 g/mol. The molecule has 0 spiro atoms. The third kappa shape index (κ3) is 2.88. The summed E-state index contributed by atoms with van der Waals surface area (Å²) in [6.07, 6.45) is 4.71. The Kier molecular flexibility index (Phi) is 4.03. The summed E-state index contributed by atoms with van der Waals surface area (Å²) in [4.78, 5) is 23.7. The van der Waals surface area contributed by atoms with Gasteiger partial charge in [-0.25, -0.2) is 15.0 Å². The molecule has 3 heterocycles. The molecule has 1 aromatic carbocycles. The molecule has 0 N–H and O–H groups in total. The average Bonchev–Trinajstić information content (AvgIpc) is 3.28. The minimum Gasteiger partial charge on any atom is -0.493 e. The van der Waals surface area contributed by atoms with Crippen LogP contribution in [0.5, 0.6) is 11.5 Å². The first-order chi connectivity index (χ1) is 13.1. The number of ether oxygens (including phenoxy) is 2. The van der Waals surface area contributed by atoms with Gasteiger partial charge in [-0.15, -0.1) is 5.10 Å². The fraction of sp³-hybridized carbons (Fsp3) is 0.167. The maximum absolute atomic E-state index is 11.3. The number of Topliss-reactive ketones (excluding diaryl/α,β-unsaturated/α-hetero) is 1. The zero-order valence-corrected chi connectivity index (χ0v) is 14.8. The highest BCUT2D eigenvalue weighted by molar-refractivity contribution is 5.90. The first-order valence-corrected chi connectivity index (χ1v) is 8.01. The molecule has 0 radical (unpaired) electrons. The Morgan fingerprint density at radius 2 is 1.74 bits per heavy atom. The van der Waals surface area contributed by atoms with E-state index >= 15 is 0 Å². The van der Waals surface area contributed by atoms with Gasteiger partial charge >= 0.3 is 5.84 Å². The number of fused-ring (bicyclic) bond motifs is 1. The van der Waals surface area contributed by atoms with Crippen LogP contribution >= 0.6 is 0 Å². The molecule has 0 bridgehead atoms. The van der Waals surface area contributed by atoms with Gasteiger partial charge in [0.15, 0.2) is 23.1 Å². The summed E-state index contributed by atoms with van der Waals surface area (Å²) in [6, 6.07) is 5.36. The van der Waals surface area contributed by atoms with E-state index in [-0.39, 0.29) is 11.6 Å². The summed E-state index contributed by atoms with van der Waals surface area (Å²) in [5.74, 6) is 1.84. The zero-order valence-electron chi connectivity index (χ0n) is 14.8. The maximum Gasteiger partial charge on any atom is 0.325 e. The average molecular weight is 365 g/mol. The Labute approximate surface area is 153 Å². The number of aromatic nitrogens is 5. The van der Waals surface area contributed by atoms with Gasteiger partial charge in [-0.05, 0) is 18.2 Å². The second-order valence-corrected chi connectivity index (χ2v) is 5.67. The Hall–Kier alpha value is -3.75. The maximum atomic E-state index is 11.3. The van der Waals surface area contributed by atoms with E-state index in [1.54, 1.807) is 49.5 Å². The summed E-state index contributed by atoms with van der Waals surface area (Å²) in [7, 11) is 3.13. The molecule has 9 nitrogen and oxygen atoms in total.